The van der Waals surface area contributed by atoms with Gasteiger partial charge in [-0.1, -0.05) is 168 Å². The molecule has 0 spiro atoms. The van der Waals surface area contributed by atoms with Crippen molar-refractivity contribution in [3.63, 3.8) is 0 Å². The van der Waals surface area contributed by atoms with Crippen LogP contribution in [0.1, 0.15) is 43.4 Å². The third-order valence-corrected chi connectivity index (χ3v) is 13.9. The van der Waals surface area contributed by atoms with Crippen molar-refractivity contribution in [2.75, 3.05) is 0 Å². The van der Waals surface area contributed by atoms with Crippen LogP contribution < -0.4 is 5.19 Å². The van der Waals surface area contributed by atoms with E-state index >= 15 is 0 Å². The van der Waals surface area contributed by atoms with Crippen molar-refractivity contribution in [3.8, 4) is 56.0 Å². The maximum Gasteiger partial charge on any atom is 0.144 e. The first-order chi connectivity index (χ1) is 32.0. The van der Waals surface area contributed by atoms with Gasteiger partial charge in [0, 0.05) is 77.3 Å². The molecule has 0 atom stereocenters. The van der Waals surface area contributed by atoms with Crippen LogP contribution in [0, 0.1) is 12.7 Å². The first-order valence-electron chi connectivity index (χ1n) is 22.8. The number of hydrogen-bond donors (Lipinski definition) is 0. The summed E-state index contributed by atoms with van der Waals surface area (Å²) in [5.74, 6) is 0.305. The van der Waals surface area contributed by atoms with Gasteiger partial charge in [-0.25, -0.2) is 4.39 Å². The van der Waals surface area contributed by atoms with E-state index in [9.17, 15) is 4.39 Å². The molecule has 10 rings (SSSR count). The van der Waals surface area contributed by atoms with Crippen LogP contribution in [-0.4, -0.2) is 23.0 Å². The van der Waals surface area contributed by atoms with E-state index in [0.717, 1.165) is 73.3 Å². The third-order valence-electron chi connectivity index (χ3n) is 11.9. The van der Waals surface area contributed by atoms with Crippen molar-refractivity contribution in [2.45, 2.75) is 59.7 Å². The van der Waals surface area contributed by atoms with Crippen LogP contribution in [0.3, 0.4) is 0 Å². The Morgan fingerprint density at radius 3 is 1.75 bits per heavy atom. The molecule has 0 aliphatic carbocycles. The molecule has 0 aliphatic heterocycles. The van der Waals surface area contributed by atoms with E-state index in [1.54, 1.807) is 12.1 Å². The molecular weight excluding hydrogens is 1020 g/mol. The van der Waals surface area contributed by atoms with Crippen molar-refractivity contribution in [1.29, 1.82) is 0 Å². The fraction of sp³-hybridized carbons (Fsp3) is 0.150. The normalized spacial score (nSPS) is 11.1. The van der Waals surface area contributed by atoms with Gasteiger partial charge in [-0.2, -0.15) is 0 Å². The van der Waals surface area contributed by atoms with Gasteiger partial charge in [-0.15, -0.1) is 0 Å². The van der Waals surface area contributed by atoms with Crippen molar-refractivity contribution in [3.05, 3.63) is 217 Å². The van der Waals surface area contributed by atoms with E-state index < -0.39 is 8.07 Å². The average Bonchev–Trinajstić information content (AvgIpc) is 3.73. The zero-order valence-electron chi connectivity index (χ0n) is 39.2. The molecule has 4 aromatic heterocycles. The van der Waals surface area contributed by atoms with E-state index in [0.29, 0.717) is 11.5 Å². The van der Waals surface area contributed by atoms with Crippen molar-refractivity contribution >= 4 is 35.2 Å². The van der Waals surface area contributed by atoms with E-state index in [-0.39, 0.29) is 25.9 Å². The second kappa shape index (κ2) is 21.8. The molecule has 67 heavy (non-hydrogen) atoms. The summed E-state index contributed by atoms with van der Waals surface area (Å²) in [6.07, 6.45) is 6.98. The molecule has 0 aliphatic rings. The van der Waals surface area contributed by atoms with Crippen LogP contribution in [0.15, 0.2) is 199 Å². The van der Waals surface area contributed by atoms with Gasteiger partial charge in [0.2, 0.25) is 0 Å². The monoisotopic (exact) mass is 1070 g/mol. The Labute approximate surface area is 409 Å². The van der Waals surface area contributed by atoms with Crippen LogP contribution >= 0.6 is 0 Å². The summed E-state index contributed by atoms with van der Waals surface area (Å²) < 4.78 is 20.7. The summed E-state index contributed by atoms with van der Waals surface area (Å²) in [5, 5.41) is 3.51. The first kappa shape index (κ1) is 48.3. The zero-order valence-corrected chi connectivity index (χ0v) is 42.6. The number of aromatic nitrogens is 3. The zero-order chi connectivity index (χ0) is 46.2. The summed E-state index contributed by atoms with van der Waals surface area (Å²) in [6.45, 7) is 16.0. The maximum absolute atomic E-state index is 14.3. The number of benzene rings is 6. The van der Waals surface area contributed by atoms with Crippen molar-refractivity contribution in [2.24, 2.45) is 0 Å². The van der Waals surface area contributed by atoms with Crippen molar-refractivity contribution in [1.82, 2.24) is 15.0 Å². The van der Waals surface area contributed by atoms with Gasteiger partial charge in [0.05, 0.1) is 25.2 Å². The Bertz CT molecular complexity index is 3220. The molecule has 4 heterocycles. The van der Waals surface area contributed by atoms with E-state index in [2.05, 4.69) is 137 Å². The predicted molar refractivity (Wildman–Crippen MR) is 278 cm³/mol. The Morgan fingerprint density at radius 1 is 0.537 bits per heavy atom. The number of rotatable bonds is 8. The first-order valence-corrected chi connectivity index (χ1v) is 26.3. The Hall–Kier alpha value is -6.63. The molecule has 0 unspecified atom stereocenters. The molecule has 7 heteroatoms. The molecule has 0 fully saturated rings. The predicted octanol–water partition coefficient (Wildman–Crippen LogP) is 16.2. The Balaban J connectivity index is 0.000000166. The molecule has 6 aromatic carbocycles. The number of aryl methyl sites for hydroxylation is 2. The SMILES string of the molecule is CC(C)c1cc(-c2ccccc2)ncc1[Si](C)(C)C.CCc1ccnc(-c2ccccc2)c1.Cc1cc(-c2cccc3c2oc2cc(-c4ccccc4F)ccc23)ncc1-c1ccccc1.[Ir]. The van der Waals surface area contributed by atoms with E-state index in [4.69, 9.17) is 14.4 Å². The third kappa shape index (κ3) is 11.3. The molecule has 0 saturated carbocycles. The summed E-state index contributed by atoms with van der Waals surface area (Å²) in [7, 11) is -1.33. The Morgan fingerprint density at radius 2 is 1.13 bits per heavy atom. The summed E-state index contributed by atoms with van der Waals surface area (Å²) in [5.41, 5.74) is 15.4. The minimum Gasteiger partial charge on any atom is -0.455 e. The molecule has 0 saturated heterocycles. The Kier molecular flexibility index (Phi) is 15.7. The number of nitrogens with zero attached hydrogens (tertiary/aromatic N) is 3. The summed E-state index contributed by atoms with van der Waals surface area (Å²) in [4.78, 5) is 13.8. The maximum atomic E-state index is 14.3. The summed E-state index contributed by atoms with van der Waals surface area (Å²) in [6, 6.07) is 58.3. The van der Waals surface area contributed by atoms with Gasteiger partial charge in [-0.3, -0.25) is 15.0 Å². The number of furan rings is 1. The largest absolute Gasteiger partial charge is 0.455 e. The minimum absolute atomic E-state index is 0. The molecule has 1 radical (unpaired) electrons. The number of hydrogen-bond acceptors (Lipinski definition) is 4. The number of pyridine rings is 3. The van der Waals surface area contributed by atoms with Gasteiger partial charge in [-0.05, 0) is 101 Å². The second-order valence-corrected chi connectivity index (χ2v) is 23.0. The van der Waals surface area contributed by atoms with Gasteiger partial charge in [0.25, 0.3) is 0 Å². The van der Waals surface area contributed by atoms with E-state index in [1.807, 2.05) is 91.3 Å². The fourth-order valence-electron chi connectivity index (χ4n) is 8.29. The number of para-hydroxylation sites is 1. The quantitative estimate of drug-likeness (QED) is 0.142. The van der Waals surface area contributed by atoms with Crippen molar-refractivity contribution < 1.29 is 28.9 Å². The minimum atomic E-state index is -1.33. The molecule has 0 bridgehead atoms. The molecular formula is C60H56FIrN3OSi. The molecule has 4 nitrogen and oxygen atoms in total. The molecule has 0 amide bonds. The number of halogens is 1. The standard InChI is InChI=1S/C30H20FNO.C17H23NSi.C13H13N.Ir/c1-19-16-28(32-18-26(19)20-8-3-2-4-9-20)25-12-7-11-24-23-15-14-21(17-29(23)33-30(24)25)22-10-5-6-13-27(22)31;1-13(2)15-11-16(14-9-7-6-8-10-14)18-12-17(15)19(3,4)5;1-2-11-8-9-14-13(10-11)12-6-4-3-5-7-12;/h2-18H,1H3;6-13H,1-5H3;3-10H,2H2,1H3;. The fourth-order valence-corrected chi connectivity index (χ4v) is 9.97. The van der Waals surface area contributed by atoms with Crippen LogP contribution in [0.5, 0.6) is 0 Å². The molecule has 10 aromatic rings. The molecule has 0 N–H and O–H groups in total. The van der Waals surface area contributed by atoms with E-state index in [1.165, 1.54) is 33.5 Å². The van der Waals surface area contributed by atoms with Gasteiger partial charge in [0.1, 0.15) is 17.0 Å². The number of fused-ring (bicyclic) bond motifs is 3. The van der Waals surface area contributed by atoms with Gasteiger partial charge >= 0.3 is 0 Å². The van der Waals surface area contributed by atoms with Crippen LogP contribution in [0.25, 0.3) is 78.0 Å². The van der Waals surface area contributed by atoms with Gasteiger partial charge < -0.3 is 4.42 Å². The van der Waals surface area contributed by atoms with Crippen LogP contribution in [-0.2, 0) is 26.5 Å². The topological polar surface area (TPSA) is 51.8 Å². The van der Waals surface area contributed by atoms with Crippen LogP contribution in [0.4, 0.5) is 4.39 Å². The average molecular weight is 1070 g/mol. The van der Waals surface area contributed by atoms with Crippen LogP contribution in [0.2, 0.25) is 19.6 Å². The van der Waals surface area contributed by atoms with Gasteiger partial charge in [0.15, 0.2) is 0 Å². The smallest absolute Gasteiger partial charge is 0.144 e. The second-order valence-electron chi connectivity index (χ2n) is 17.9. The summed E-state index contributed by atoms with van der Waals surface area (Å²) >= 11 is 0. The molecule has 337 valence electrons.